The largest absolute Gasteiger partial charge is 0.360 e. The summed E-state index contributed by atoms with van der Waals surface area (Å²) >= 11 is 4.86. The molecule has 0 aliphatic rings. The van der Waals surface area contributed by atoms with Crippen LogP contribution in [0.3, 0.4) is 0 Å². The minimum atomic E-state index is 0.611. The van der Waals surface area contributed by atoms with Crippen LogP contribution < -0.4 is 5.32 Å². The molecule has 21 heavy (non-hydrogen) atoms. The van der Waals surface area contributed by atoms with Crippen LogP contribution in [0.1, 0.15) is 16.6 Å². The van der Waals surface area contributed by atoms with Gasteiger partial charge in [0.15, 0.2) is 10.2 Å². The second-order valence-corrected chi connectivity index (χ2v) is 7.39. The van der Waals surface area contributed by atoms with Crippen LogP contribution in [-0.2, 0) is 12.2 Å². The molecule has 3 heterocycles. The van der Waals surface area contributed by atoms with E-state index in [-0.39, 0.29) is 0 Å². The fraction of sp³-hybridized carbons (Fsp3) is 0.333. The summed E-state index contributed by atoms with van der Waals surface area (Å²) in [4.78, 5) is 5.52. The molecule has 9 heteroatoms. The molecule has 0 saturated heterocycles. The van der Waals surface area contributed by atoms with Gasteiger partial charge in [-0.3, -0.25) is 0 Å². The summed E-state index contributed by atoms with van der Waals surface area (Å²) in [5.74, 6) is 1.88. The molecule has 0 unspecified atom stereocenters. The second kappa shape index (κ2) is 7.01. The van der Waals surface area contributed by atoms with Crippen LogP contribution in [0.5, 0.6) is 0 Å². The zero-order valence-electron chi connectivity index (χ0n) is 11.3. The van der Waals surface area contributed by atoms with Crippen molar-refractivity contribution in [1.29, 1.82) is 0 Å². The number of hydrogen-bond acceptors (Lipinski definition) is 9. The van der Waals surface area contributed by atoms with Crippen molar-refractivity contribution in [2.24, 2.45) is 0 Å². The van der Waals surface area contributed by atoms with E-state index in [2.05, 4.69) is 43.2 Å². The zero-order valence-corrected chi connectivity index (χ0v) is 13.7. The normalized spacial score (nSPS) is 10.9. The average Bonchev–Trinajstić information content (AvgIpc) is 3.19. The minimum absolute atomic E-state index is 0.611. The topological polar surface area (TPSA) is 76.7 Å². The van der Waals surface area contributed by atoms with Crippen LogP contribution in [0.15, 0.2) is 26.4 Å². The number of anilines is 1. The van der Waals surface area contributed by atoms with Crippen molar-refractivity contribution in [3.05, 3.63) is 34.1 Å². The molecule has 0 atom stereocenters. The van der Waals surface area contributed by atoms with Crippen LogP contribution in [-0.4, -0.2) is 26.9 Å². The Kier molecular flexibility index (Phi) is 4.84. The number of nitrogens with zero attached hydrogens (tertiary/aromatic N) is 4. The lowest BCUT2D eigenvalue weighted by Crippen LogP contribution is -2.03. The Morgan fingerprint density at radius 3 is 3.10 bits per heavy atom. The van der Waals surface area contributed by atoms with Crippen molar-refractivity contribution in [2.45, 2.75) is 23.4 Å². The van der Waals surface area contributed by atoms with Crippen LogP contribution in [0.2, 0.25) is 0 Å². The van der Waals surface area contributed by atoms with Gasteiger partial charge in [-0.1, -0.05) is 34.3 Å². The van der Waals surface area contributed by atoms with Crippen LogP contribution in [0.4, 0.5) is 5.13 Å². The molecular weight excluding hydrogens is 326 g/mol. The summed E-state index contributed by atoms with van der Waals surface area (Å²) in [6.45, 7) is 2.67. The smallest absolute Gasteiger partial charge is 0.237 e. The first-order chi connectivity index (χ1) is 10.3. The Labute approximate surface area is 134 Å². The van der Waals surface area contributed by atoms with Crippen molar-refractivity contribution < 1.29 is 4.52 Å². The minimum Gasteiger partial charge on any atom is -0.360 e. The highest BCUT2D eigenvalue weighted by Crippen LogP contribution is 2.27. The molecule has 0 radical (unpaired) electrons. The molecule has 3 rings (SSSR count). The van der Waals surface area contributed by atoms with E-state index in [1.165, 1.54) is 16.2 Å². The second-order valence-electron chi connectivity index (χ2n) is 4.15. The maximum Gasteiger partial charge on any atom is 0.237 e. The maximum atomic E-state index is 5.06. The molecule has 3 aromatic heterocycles. The fourth-order valence-electron chi connectivity index (χ4n) is 1.61. The molecule has 0 aromatic carbocycles. The first-order valence-corrected chi connectivity index (χ1v) is 8.99. The number of hydrogen-bond donors (Lipinski definition) is 1. The van der Waals surface area contributed by atoms with Gasteiger partial charge in [0, 0.05) is 11.4 Å². The molecule has 0 aliphatic carbocycles. The van der Waals surface area contributed by atoms with E-state index in [0.717, 1.165) is 22.4 Å². The lowest BCUT2D eigenvalue weighted by molar-refractivity contribution is 0.387. The van der Waals surface area contributed by atoms with Gasteiger partial charge in [-0.25, -0.2) is 0 Å². The number of thiophene rings is 1. The molecule has 6 nitrogen and oxygen atoms in total. The van der Waals surface area contributed by atoms with E-state index >= 15 is 0 Å². The highest BCUT2D eigenvalue weighted by molar-refractivity contribution is 8.00. The van der Waals surface area contributed by atoms with Crippen molar-refractivity contribution in [2.75, 3.05) is 11.9 Å². The lowest BCUT2D eigenvalue weighted by atomic mass is 10.3. The SMILES string of the molecule is Cc1noc(CSc2nnc(NCCc3cccs3)s2)n1. The van der Waals surface area contributed by atoms with E-state index in [1.54, 1.807) is 30.0 Å². The Balaban J connectivity index is 1.45. The summed E-state index contributed by atoms with van der Waals surface area (Å²) < 4.78 is 5.95. The molecule has 0 saturated carbocycles. The number of aromatic nitrogens is 4. The summed E-state index contributed by atoms with van der Waals surface area (Å²) in [6, 6.07) is 4.21. The third kappa shape index (κ3) is 4.26. The highest BCUT2D eigenvalue weighted by atomic mass is 32.2. The van der Waals surface area contributed by atoms with Crippen LogP contribution >= 0.6 is 34.4 Å². The van der Waals surface area contributed by atoms with E-state index in [4.69, 9.17) is 4.52 Å². The zero-order chi connectivity index (χ0) is 14.5. The maximum absolute atomic E-state index is 5.06. The van der Waals surface area contributed by atoms with Crippen LogP contribution in [0.25, 0.3) is 0 Å². The Bertz CT molecular complexity index is 679. The molecule has 3 aromatic rings. The molecular formula is C12H13N5OS3. The number of aryl methyl sites for hydroxylation is 1. The van der Waals surface area contributed by atoms with Crippen molar-refractivity contribution in [3.63, 3.8) is 0 Å². The third-order valence-electron chi connectivity index (χ3n) is 2.52. The summed E-state index contributed by atoms with van der Waals surface area (Å²) in [5, 5.41) is 18.2. The number of rotatable bonds is 7. The van der Waals surface area contributed by atoms with E-state index in [9.17, 15) is 0 Å². The quantitative estimate of drug-likeness (QED) is 0.662. The van der Waals surface area contributed by atoms with Gasteiger partial charge < -0.3 is 9.84 Å². The molecule has 0 fully saturated rings. The fourth-order valence-corrected chi connectivity index (χ4v) is 3.93. The van der Waals surface area contributed by atoms with Gasteiger partial charge in [0.2, 0.25) is 11.0 Å². The molecule has 0 amide bonds. The first-order valence-electron chi connectivity index (χ1n) is 6.31. The lowest BCUT2D eigenvalue weighted by Gasteiger charge is -1.98. The molecule has 1 N–H and O–H groups in total. The number of thioether (sulfide) groups is 1. The number of nitrogens with one attached hydrogen (secondary N) is 1. The van der Waals surface area contributed by atoms with Crippen LogP contribution in [0, 0.1) is 6.92 Å². The van der Waals surface area contributed by atoms with E-state index in [0.29, 0.717) is 17.5 Å². The standard InChI is InChI=1S/C12H13N5OS3/c1-8-14-10(18-17-8)7-20-12-16-15-11(21-12)13-5-4-9-3-2-6-19-9/h2-3,6H,4-5,7H2,1H3,(H,13,15). The van der Waals surface area contributed by atoms with Gasteiger partial charge in [-0.15, -0.1) is 21.5 Å². The Hall–Kier alpha value is -1.45. The van der Waals surface area contributed by atoms with Gasteiger partial charge in [0.05, 0.1) is 5.75 Å². The summed E-state index contributed by atoms with van der Waals surface area (Å²) in [7, 11) is 0. The van der Waals surface area contributed by atoms with Crippen molar-refractivity contribution in [3.8, 4) is 0 Å². The van der Waals surface area contributed by atoms with Gasteiger partial charge >= 0.3 is 0 Å². The highest BCUT2D eigenvalue weighted by Gasteiger charge is 2.08. The van der Waals surface area contributed by atoms with E-state index in [1.807, 2.05) is 0 Å². The van der Waals surface area contributed by atoms with Gasteiger partial charge in [0.25, 0.3) is 0 Å². The molecule has 0 bridgehead atoms. The predicted molar refractivity (Wildman–Crippen MR) is 85.0 cm³/mol. The third-order valence-corrected chi connectivity index (χ3v) is 5.46. The monoisotopic (exact) mass is 339 g/mol. The Morgan fingerprint density at radius 2 is 2.33 bits per heavy atom. The summed E-state index contributed by atoms with van der Waals surface area (Å²) in [5.41, 5.74) is 0. The van der Waals surface area contributed by atoms with Gasteiger partial charge in [0.1, 0.15) is 0 Å². The Morgan fingerprint density at radius 1 is 1.38 bits per heavy atom. The van der Waals surface area contributed by atoms with E-state index < -0.39 is 0 Å². The summed E-state index contributed by atoms with van der Waals surface area (Å²) in [6.07, 6.45) is 1.00. The van der Waals surface area contributed by atoms with Crippen molar-refractivity contribution >= 4 is 39.6 Å². The molecule has 0 aliphatic heterocycles. The molecule has 0 spiro atoms. The predicted octanol–water partition coefficient (Wildman–Crippen LogP) is 3.24. The van der Waals surface area contributed by atoms with Gasteiger partial charge in [-0.05, 0) is 24.8 Å². The molecule has 110 valence electrons. The van der Waals surface area contributed by atoms with Gasteiger partial charge in [-0.2, -0.15) is 4.98 Å². The average molecular weight is 339 g/mol. The van der Waals surface area contributed by atoms with Crippen molar-refractivity contribution in [1.82, 2.24) is 20.3 Å². The first kappa shape index (κ1) is 14.5.